The number of benzene rings is 2. The Morgan fingerprint density at radius 1 is 1.00 bits per heavy atom. The zero-order valence-electron chi connectivity index (χ0n) is 17.2. The van der Waals surface area contributed by atoms with Crippen LogP contribution in [0.15, 0.2) is 42.5 Å². The van der Waals surface area contributed by atoms with Gasteiger partial charge in [-0.25, -0.2) is 0 Å². The van der Waals surface area contributed by atoms with Crippen LogP contribution in [-0.4, -0.2) is 25.2 Å². The number of methoxy groups -OCH3 is 2. The summed E-state index contributed by atoms with van der Waals surface area (Å²) in [5.41, 5.74) is 8.43. The highest BCUT2D eigenvalue weighted by molar-refractivity contribution is 7.80. The van der Waals surface area contributed by atoms with Crippen LogP contribution in [0.2, 0.25) is 0 Å². The Balaban J connectivity index is 1.77. The van der Waals surface area contributed by atoms with Gasteiger partial charge in [0.2, 0.25) is 5.91 Å². The molecule has 0 aliphatic heterocycles. The SMILES string of the molecule is CCCCc1ccc(NC(=S)NNC(=O)CCc2cccc(OC)c2OC)cc1. The molecule has 0 bridgehead atoms. The number of hydrazine groups is 1. The maximum Gasteiger partial charge on any atom is 0.238 e. The first-order valence-electron chi connectivity index (χ1n) is 9.72. The fourth-order valence-corrected chi connectivity index (χ4v) is 3.05. The number of carbonyl (C=O) groups is 1. The van der Waals surface area contributed by atoms with E-state index in [0.717, 1.165) is 17.7 Å². The number of nitrogens with one attached hydrogen (secondary N) is 3. The van der Waals surface area contributed by atoms with E-state index in [9.17, 15) is 4.79 Å². The molecular formula is C22H29N3O3S. The lowest BCUT2D eigenvalue weighted by Gasteiger charge is -2.14. The number of carbonyl (C=O) groups excluding carboxylic acids is 1. The van der Waals surface area contributed by atoms with Crippen molar-refractivity contribution < 1.29 is 14.3 Å². The van der Waals surface area contributed by atoms with Gasteiger partial charge >= 0.3 is 0 Å². The van der Waals surface area contributed by atoms with E-state index < -0.39 is 0 Å². The molecule has 3 N–H and O–H groups in total. The van der Waals surface area contributed by atoms with Gasteiger partial charge in [-0.3, -0.25) is 15.6 Å². The third kappa shape index (κ3) is 7.27. The van der Waals surface area contributed by atoms with E-state index >= 15 is 0 Å². The molecule has 0 aliphatic carbocycles. The van der Waals surface area contributed by atoms with Gasteiger partial charge in [-0.1, -0.05) is 37.6 Å². The number of hydrogen-bond acceptors (Lipinski definition) is 4. The summed E-state index contributed by atoms with van der Waals surface area (Å²) in [5, 5.41) is 3.39. The van der Waals surface area contributed by atoms with Crippen LogP contribution in [0.4, 0.5) is 5.69 Å². The van der Waals surface area contributed by atoms with Crippen molar-refractivity contribution in [1.82, 2.24) is 10.9 Å². The number of rotatable bonds is 9. The van der Waals surface area contributed by atoms with Crippen LogP contribution in [0.25, 0.3) is 0 Å². The number of para-hydroxylation sites is 1. The van der Waals surface area contributed by atoms with E-state index in [1.54, 1.807) is 14.2 Å². The predicted octanol–water partition coefficient (Wildman–Crippen LogP) is 4.00. The van der Waals surface area contributed by atoms with E-state index in [2.05, 4.69) is 35.2 Å². The van der Waals surface area contributed by atoms with E-state index in [-0.39, 0.29) is 12.3 Å². The van der Waals surface area contributed by atoms with Crippen LogP contribution < -0.4 is 25.6 Å². The summed E-state index contributed by atoms with van der Waals surface area (Å²) < 4.78 is 10.7. The van der Waals surface area contributed by atoms with E-state index in [1.807, 2.05) is 30.3 Å². The molecule has 0 spiro atoms. The highest BCUT2D eigenvalue weighted by atomic mass is 32.1. The first kappa shape index (κ1) is 22.5. The monoisotopic (exact) mass is 415 g/mol. The molecule has 0 saturated heterocycles. The van der Waals surface area contributed by atoms with Gasteiger partial charge in [-0.15, -0.1) is 0 Å². The Morgan fingerprint density at radius 3 is 2.41 bits per heavy atom. The molecule has 7 heteroatoms. The van der Waals surface area contributed by atoms with Gasteiger partial charge in [-0.2, -0.15) is 0 Å². The zero-order valence-corrected chi connectivity index (χ0v) is 18.0. The summed E-state index contributed by atoms with van der Waals surface area (Å²) in [4.78, 5) is 12.1. The van der Waals surface area contributed by atoms with Gasteiger partial charge in [0.1, 0.15) is 0 Å². The Morgan fingerprint density at radius 2 is 1.76 bits per heavy atom. The topological polar surface area (TPSA) is 71.6 Å². The van der Waals surface area contributed by atoms with E-state index in [0.29, 0.717) is 23.0 Å². The second-order valence-corrected chi connectivity index (χ2v) is 6.99. The van der Waals surface area contributed by atoms with Gasteiger partial charge in [0.15, 0.2) is 16.6 Å². The number of unbranched alkanes of at least 4 members (excludes halogenated alkanes) is 1. The van der Waals surface area contributed by atoms with Crippen LogP contribution >= 0.6 is 12.2 Å². The number of anilines is 1. The van der Waals surface area contributed by atoms with Gasteiger partial charge in [0, 0.05) is 12.1 Å². The van der Waals surface area contributed by atoms with Gasteiger partial charge in [0.25, 0.3) is 0 Å². The van der Waals surface area contributed by atoms with Gasteiger partial charge < -0.3 is 14.8 Å². The first-order chi connectivity index (χ1) is 14.1. The highest BCUT2D eigenvalue weighted by Gasteiger charge is 2.11. The van der Waals surface area contributed by atoms with Crippen LogP contribution in [0, 0.1) is 0 Å². The van der Waals surface area contributed by atoms with Crippen molar-refractivity contribution in [3.8, 4) is 11.5 Å². The van der Waals surface area contributed by atoms with Crippen LogP contribution in [0.1, 0.15) is 37.3 Å². The fraction of sp³-hybridized carbons (Fsp3) is 0.364. The molecule has 0 radical (unpaired) electrons. The number of amides is 1. The van der Waals surface area contributed by atoms with Crippen molar-refractivity contribution in [3.05, 3.63) is 53.6 Å². The zero-order chi connectivity index (χ0) is 21.1. The molecule has 0 aliphatic rings. The smallest absolute Gasteiger partial charge is 0.238 e. The Bertz CT molecular complexity index is 809. The lowest BCUT2D eigenvalue weighted by molar-refractivity contribution is -0.121. The number of thiocarbonyl (C=S) groups is 1. The largest absolute Gasteiger partial charge is 0.493 e. The lowest BCUT2D eigenvalue weighted by Crippen LogP contribution is -2.43. The molecule has 0 aromatic heterocycles. The minimum Gasteiger partial charge on any atom is -0.493 e. The van der Waals surface area contributed by atoms with Crippen LogP contribution in [-0.2, 0) is 17.6 Å². The van der Waals surface area contributed by atoms with Crippen LogP contribution in [0.3, 0.4) is 0 Å². The van der Waals surface area contributed by atoms with Gasteiger partial charge in [0.05, 0.1) is 14.2 Å². The summed E-state index contributed by atoms with van der Waals surface area (Å²) in [7, 11) is 3.17. The molecule has 0 saturated carbocycles. The van der Waals surface area contributed by atoms with Crippen molar-refractivity contribution in [2.75, 3.05) is 19.5 Å². The first-order valence-corrected chi connectivity index (χ1v) is 10.1. The summed E-state index contributed by atoms with van der Waals surface area (Å²) in [6.45, 7) is 2.18. The van der Waals surface area contributed by atoms with Gasteiger partial charge in [-0.05, 0) is 60.8 Å². The molecule has 156 valence electrons. The number of hydrogen-bond donors (Lipinski definition) is 3. The molecular weight excluding hydrogens is 386 g/mol. The maximum absolute atomic E-state index is 12.1. The summed E-state index contributed by atoms with van der Waals surface area (Å²) >= 11 is 5.23. The molecule has 0 unspecified atom stereocenters. The molecule has 6 nitrogen and oxygen atoms in total. The second-order valence-electron chi connectivity index (χ2n) is 6.58. The highest BCUT2D eigenvalue weighted by Crippen LogP contribution is 2.31. The molecule has 29 heavy (non-hydrogen) atoms. The average Bonchev–Trinajstić information content (AvgIpc) is 2.75. The normalized spacial score (nSPS) is 10.2. The van der Waals surface area contributed by atoms with E-state index in [1.165, 1.54) is 18.4 Å². The third-order valence-electron chi connectivity index (χ3n) is 4.45. The van der Waals surface area contributed by atoms with Crippen molar-refractivity contribution in [2.24, 2.45) is 0 Å². The summed E-state index contributed by atoms with van der Waals surface area (Å²) in [6.07, 6.45) is 4.24. The summed E-state index contributed by atoms with van der Waals surface area (Å²) in [5.74, 6) is 1.12. The minimum absolute atomic E-state index is 0.172. The van der Waals surface area contributed by atoms with Crippen molar-refractivity contribution >= 4 is 28.9 Å². The van der Waals surface area contributed by atoms with Crippen molar-refractivity contribution in [1.29, 1.82) is 0 Å². The molecule has 2 rings (SSSR count). The van der Waals surface area contributed by atoms with E-state index in [4.69, 9.17) is 21.7 Å². The fourth-order valence-electron chi connectivity index (χ4n) is 2.89. The molecule has 0 heterocycles. The quantitative estimate of drug-likeness (QED) is 0.425. The molecule has 0 atom stereocenters. The average molecular weight is 416 g/mol. The Hall–Kier alpha value is -2.80. The van der Waals surface area contributed by atoms with Crippen molar-refractivity contribution in [2.45, 2.75) is 39.0 Å². The second kappa shape index (κ2) is 11.9. The summed E-state index contributed by atoms with van der Waals surface area (Å²) in [6, 6.07) is 13.7. The predicted molar refractivity (Wildman–Crippen MR) is 120 cm³/mol. The standard InChI is InChI=1S/C22H29N3O3S/c1-4-5-7-16-10-13-18(14-11-16)23-22(29)25-24-20(26)15-12-17-8-6-9-19(27-2)21(17)28-3/h6,8-11,13-14H,4-5,7,12,15H2,1-3H3,(H,24,26)(H2,23,25,29). The Kier molecular flexibility index (Phi) is 9.24. The lowest BCUT2D eigenvalue weighted by atomic mass is 10.1. The molecule has 2 aromatic rings. The number of ether oxygens (including phenoxy) is 2. The third-order valence-corrected chi connectivity index (χ3v) is 4.66. The Labute approximate surface area is 178 Å². The minimum atomic E-state index is -0.172. The number of aryl methyl sites for hydroxylation is 2. The molecule has 1 amide bonds. The maximum atomic E-state index is 12.1. The van der Waals surface area contributed by atoms with Crippen molar-refractivity contribution in [3.63, 3.8) is 0 Å². The van der Waals surface area contributed by atoms with Crippen LogP contribution in [0.5, 0.6) is 11.5 Å². The molecule has 2 aromatic carbocycles. The molecule has 0 fully saturated rings.